The van der Waals surface area contributed by atoms with Gasteiger partial charge in [0.25, 0.3) is 5.91 Å². The molecule has 47 heavy (non-hydrogen) atoms. The Balaban J connectivity index is 1.38. The largest absolute Gasteiger partial charge is 0.487 e. The Morgan fingerprint density at radius 3 is 2.32 bits per heavy atom. The normalized spacial score (nSPS) is 19.1. The van der Waals surface area contributed by atoms with Crippen molar-refractivity contribution in [3.8, 4) is 5.75 Å². The van der Waals surface area contributed by atoms with Gasteiger partial charge in [-0.05, 0) is 79.0 Å². The fourth-order valence-corrected chi connectivity index (χ4v) is 6.96. The Morgan fingerprint density at radius 1 is 0.979 bits per heavy atom. The van der Waals surface area contributed by atoms with Gasteiger partial charge in [-0.25, -0.2) is 0 Å². The number of pyridine rings is 1. The van der Waals surface area contributed by atoms with Crippen LogP contribution in [-0.2, 0) is 33.8 Å². The van der Waals surface area contributed by atoms with Gasteiger partial charge in [-0.3, -0.25) is 19.4 Å². The molecule has 3 aromatic carbocycles. The first-order valence-electron chi connectivity index (χ1n) is 16.4. The monoisotopic (exact) mass is 630 g/mol. The molecule has 6 rings (SSSR count). The first-order chi connectivity index (χ1) is 22.7. The van der Waals surface area contributed by atoms with Crippen LogP contribution in [0, 0.1) is 25.7 Å². The smallest absolute Gasteiger partial charge is 0.252 e. The lowest BCUT2D eigenvalue weighted by atomic mass is 9.85. The molecule has 4 atom stereocenters. The van der Waals surface area contributed by atoms with Crippen molar-refractivity contribution in [3.05, 3.63) is 125 Å². The number of fused-ring (bicyclic) bond motifs is 1. The Labute approximate surface area is 276 Å². The number of carbonyl (C=O) groups is 3. The zero-order valence-corrected chi connectivity index (χ0v) is 27.4. The third kappa shape index (κ3) is 6.64. The number of ether oxygens (including phenoxy) is 1. The van der Waals surface area contributed by atoms with Crippen molar-refractivity contribution >= 4 is 23.4 Å². The maximum absolute atomic E-state index is 14.8. The van der Waals surface area contributed by atoms with Gasteiger partial charge in [0.2, 0.25) is 11.8 Å². The van der Waals surface area contributed by atoms with Crippen molar-refractivity contribution in [1.82, 2.24) is 15.2 Å². The van der Waals surface area contributed by atoms with Crippen LogP contribution in [0.15, 0.2) is 91.1 Å². The molecule has 1 fully saturated rings. The van der Waals surface area contributed by atoms with E-state index in [4.69, 9.17) is 4.74 Å². The van der Waals surface area contributed by atoms with Crippen molar-refractivity contribution in [2.45, 2.75) is 71.7 Å². The number of hydrogen-bond donors (Lipinski definition) is 2. The van der Waals surface area contributed by atoms with Crippen LogP contribution in [0.4, 0.5) is 5.69 Å². The molecule has 2 heterocycles. The van der Waals surface area contributed by atoms with Crippen LogP contribution >= 0.6 is 0 Å². The van der Waals surface area contributed by atoms with E-state index < -0.39 is 24.0 Å². The van der Waals surface area contributed by atoms with Crippen molar-refractivity contribution in [2.75, 3.05) is 5.32 Å². The molecule has 0 bridgehead atoms. The average Bonchev–Trinajstić information content (AvgIpc) is 3.51. The van der Waals surface area contributed by atoms with Crippen molar-refractivity contribution in [3.63, 3.8) is 0 Å². The lowest BCUT2D eigenvalue weighted by Gasteiger charge is -2.46. The van der Waals surface area contributed by atoms with E-state index in [1.807, 2.05) is 94.4 Å². The van der Waals surface area contributed by atoms with E-state index in [0.717, 1.165) is 16.8 Å². The Bertz CT molecular complexity index is 1750. The highest BCUT2D eigenvalue weighted by molar-refractivity contribution is 6.04. The van der Waals surface area contributed by atoms with E-state index in [1.54, 1.807) is 17.2 Å². The number of hydrogen-bond acceptors (Lipinski definition) is 5. The first kappa shape index (κ1) is 32.0. The number of nitrogens with zero attached hydrogens (tertiary/aromatic N) is 2. The van der Waals surface area contributed by atoms with Crippen LogP contribution in [0.3, 0.4) is 0 Å². The van der Waals surface area contributed by atoms with Crippen LogP contribution in [-0.4, -0.2) is 39.7 Å². The third-order valence-electron chi connectivity index (χ3n) is 9.61. The number of rotatable bonds is 10. The van der Waals surface area contributed by atoms with Crippen molar-refractivity contribution in [1.29, 1.82) is 0 Å². The molecule has 3 amide bonds. The van der Waals surface area contributed by atoms with E-state index in [0.29, 0.717) is 42.9 Å². The number of nitrogens with one attached hydrogen (secondary N) is 2. The number of para-hydroxylation sites is 2. The van der Waals surface area contributed by atoms with Crippen LogP contribution in [0.2, 0.25) is 0 Å². The predicted molar refractivity (Wildman–Crippen MR) is 182 cm³/mol. The Morgan fingerprint density at radius 2 is 1.64 bits per heavy atom. The number of amides is 3. The summed E-state index contributed by atoms with van der Waals surface area (Å²) in [6, 6.07) is 24.4. The van der Waals surface area contributed by atoms with Gasteiger partial charge in [0.05, 0.1) is 5.69 Å². The molecule has 8 nitrogen and oxygen atoms in total. The minimum absolute atomic E-state index is 0.114. The summed E-state index contributed by atoms with van der Waals surface area (Å²) >= 11 is 0. The van der Waals surface area contributed by atoms with E-state index in [9.17, 15) is 14.4 Å². The minimum Gasteiger partial charge on any atom is -0.487 e. The van der Waals surface area contributed by atoms with Gasteiger partial charge in [-0.2, -0.15) is 0 Å². The van der Waals surface area contributed by atoms with Crippen LogP contribution in [0.5, 0.6) is 5.75 Å². The summed E-state index contributed by atoms with van der Waals surface area (Å²) in [5.41, 5.74) is 6.05. The standard InChI is InChI=1S/C39H42N4O4/c1-5-24(2)35-37(44)42-34(30-20-28-15-9-10-16-29(28)21-30)39(46)43(35)36(31-22-40-26(4)19-25(31)3)38(45)41-32-17-11-12-18-33(32)47-23-27-13-7-6-8-14-27/h6-19,22,24,30,34-36H,5,20-21,23H2,1-4H3,(H,41,45)(H,42,44)/t24-,34+,35+,36?/m0/s1. The number of piperazine rings is 1. The SMILES string of the molecule is CC[C@H](C)[C@@H]1C(=O)N[C@H](C2Cc3ccccc3C2)C(=O)N1C(C(=O)Nc1ccccc1OCc1ccccc1)c1cnc(C)cc1C. The quantitative estimate of drug-likeness (QED) is 0.220. The maximum atomic E-state index is 14.8. The van der Waals surface area contributed by atoms with Gasteiger partial charge in [0.1, 0.15) is 30.5 Å². The first-order valence-corrected chi connectivity index (χ1v) is 16.4. The molecule has 4 aromatic rings. The summed E-state index contributed by atoms with van der Waals surface area (Å²) in [5, 5.41) is 6.18. The summed E-state index contributed by atoms with van der Waals surface area (Å²) in [7, 11) is 0. The molecule has 242 valence electrons. The average molecular weight is 631 g/mol. The molecular formula is C39H42N4O4. The second-order valence-corrected chi connectivity index (χ2v) is 12.8. The summed E-state index contributed by atoms with van der Waals surface area (Å²) < 4.78 is 6.15. The molecule has 2 N–H and O–H groups in total. The van der Waals surface area contributed by atoms with E-state index >= 15 is 0 Å². The molecule has 0 spiro atoms. The van der Waals surface area contributed by atoms with Crippen LogP contribution in [0.1, 0.15) is 59.8 Å². The van der Waals surface area contributed by atoms with E-state index in [1.165, 1.54) is 11.1 Å². The summed E-state index contributed by atoms with van der Waals surface area (Å²) in [6.07, 6.45) is 3.68. The van der Waals surface area contributed by atoms with Gasteiger partial charge in [-0.15, -0.1) is 0 Å². The van der Waals surface area contributed by atoms with E-state index in [2.05, 4.69) is 27.8 Å². The van der Waals surface area contributed by atoms with Crippen LogP contribution in [0.25, 0.3) is 0 Å². The molecule has 0 radical (unpaired) electrons. The lowest BCUT2D eigenvalue weighted by molar-refractivity contribution is -0.158. The minimum atomic E-state index is -1.10. The number of benzene rings is 3. The lowest BCUT2D eigenvalue weighted by Crippen LogP contribution is -2.68. The van der Waals surface area contributed by atoms with Gasteiger partial charge < -0.3 is 20.3 Å². The zero-order valence-electron chi connectivity index (χ0n) is 27.4. The summed E-state index contributed by atoms with van der Waals surface area (Å²) in [4.78, 5) is 49.6. The predicted octanol–water partition coefficient (Wildman–Crippen LogP) is 6.11. The molecule has 1 saturated heterocycles. The molecule has 1 unspecified atom stereocenters. The second-order valence-electron chi connectivity index (χ2n) is 12.8. The molecule has 1 aliphatic heterocycles. The van der Waals surface area contributed by atoms with Crippen molar-refractivity contribution in [2.24, 2.45) is 11.8 Å². The Hall–Kier alpha value is -4.98. The van der Waals surface area contributed by atoms with E-state index in [-0.39, 0.29) is 23.7 Å². The second kappa shape index (κ2) is 13.8. The highest BCUT2D eigenvalue weighted by atomic mass is 16.5. The molecule has 0 saturated carbocycles. The number of anilines is 1. The highest BCUT2D eigenvalue weighted by Crippen LogP contribution is 2.38. The summed E-state index contributed by atoms with van der Waals surface area (Å²) in [6.45, 7) is 8.08. The fourth-order valence-electron chi connectivity index (χ4n) is 6.96. The molecular weight excluding hydrogens is 588 g/mol. The van der Waals surface area contributed by atoms with Gasteiger partial charge in [-0.1, -0.05) is 87.0 Å². The van der Waals surface area contributed by atoms with Gasteiger partial charge in [0.15, 0.2) is 0 Å². The number of aromatic nitrogens is 1. The topological polar surface area (TPSA) is 101 Å². The zero-order chi connectivity index (χ0) is 33.1. The van der Waals surface area contributed by atoms with Gasteiger partial charge >= 0.3 is 0 Å². The third-order valence-corrected chi connectivity index (χ3v) is 9.61. The summed E-state index contributed by atoms with van der Waals surface area (Å²) in [5.74, 6) is -0.721. The fraction of sp³-hybridized carbons (Fsp3) is 0.333. The van der Waals surface area contributed by atoms with Crippen LogP contribution < -0.4 is 15.4 Å². The number of aryl methyl sites for hydroxylation is 2. The molecule has 8 heteroatoms. The highest BCUT2D eigenvalue weighted by Gasteiger charge is 2.51. The molecule has 1 aliphatic carbocycles. The Kier molecular flexibility index (Phi) is 9.38. The number of carbonyl (C=O) groups excluding carboxylic acids is 3. The molecule has 2 aliphatic rings. The van der Waals surface area contributed by atoms with Crippen molar-refractivity contribution < 1.29 is 19.1 Å². The van der Waals surface area contributed by atoms with Gasteiger partial charge in [0, 0.05) is 17.5 Å². The maximum Gasteiger partial charge on any atom is 0.252 e. The molecule has 1 aromatic heterocycles.